The molecule has 1 fully saturated rings. The summed E-state index contributed by atoms with van der Waals surface area (Å²) < 4.78 is 0. The monoisotopic (exact) mass is 186 g/mol. The highest BCUT2D eigenvalue weighted by Crippen LogP contribution is 2.17. The Morgan fingerprint density at radius 2 is 2.23 bits per heavy atom. The number of aliphatic hydroxyl groups excluding tert-OH is 1. The van der Waals surface area contributed by atoms with Gasteiger partial charge in [0.1, 0.15) is 0 Å². The van der Waals surface area contributed by atoms with E-state index in [0.29, 0.717) is 12.0 Å². The maximum absolute atomic E-state index is 9.44. The molecule has 1 unspecified atom stereocenters. The highest BCUT2D eigenvalue weighted by atomic mass is 16.3. The first kappa shape index (κ1) is 11.0. The van der Waals surface area contributed by atoms with Gasteiger partial charge in [0.15, 0.2) is 0 Å². The SMILES string of the molecule is CNCC(C(C)C)N1CC[C@H](O)C1. The van der Waals surface area contributed by atoms with Crippen LogP contribution in [0.1, 0.15) is 20.3 Å². The van der Waals surface area contributed by atoms with Crippen LogP contribution in [0.15, 0.2) is 0 Å². The van der Waals surface area contributed by atoms with Crippen molar-refractivity contribution in [1.82, 2.24) is 10.2 Å². The van der Waals surface area contributed by atoms with E-state index in [1.54, 1.807) is 0 Å². The fourth-order valence-corrected chi connectivity index (χ4v) is 2.06. The normalized spacial score (nSPS) is 27.0. The van der Waals surface area contributed by atoms with Crippen molar-refractivity contribution in [3.05, 3.63) is 0 Å². The van der Waals surface area contributed by atoms with E-state index in [4.69, 9.17) is 0 Å². The summed E-state index contributed by atoms with van der Waals surface area (Å²) in [7, 11) is 1.99. The van der Waals surface area contributed by atoms with Crippen molar-refractivity contribution in [2.75, 3.05) is 26.7 Å². The lowest BCUT2D eigenvalue weighted by atomic mass is 10.0. The van der Waals surface area contributed by atoms with Crippen LogP contribution in [0.5, 0.6) is 0 Å². The molecule has 2 atom stereocenters. The van der Waals surface area contributed by atoms with Gasteiger partial charge in [0, 0.05) is 25.7 Å². The zero-order valence-electron chi connectivity index (χ0n) is 8.95. The third-order valence-corrected chi connectivity index (χ3v) is 2.85. The average Bonchev–Trinajstić information content (AvgIpc) is 2.46. The molecule has 0 saturated carbocycles. The standard InChI is InChI=1S/C10H22N2O/c1-8(2)10(6-11-3)12-5-4-9(13)7-12/h8-11,13H,4-7H2,1-3H3/t9-,10?/m0/s1. The molecule has 1 aliphatic rings. The molecule has 0 aromatic carbocycles. The molecule has 1 saturated heterocycles. The lowest BCUT2D eigenvalue weighted by Gasteiger charge is -2.30. The maximum atomic E-state index is 9.44. The lowest BCUT2D eigenvalue weighted by molar-refractivity contribution is 0.140. The van der Waals surface area contributed by atoms with Crippen LogP contribution < -0.4 is 5.32 Å². The Morgan fingerprint density at radius 1 is 1.54 bits per heavy atom. The Hall–Kier alpha value is -0.120. The largest absolute Gasteiger partial charge is 0.392 e. The van der Waals surface area contributed by atoms with Gasteiger partial charge in [0.25, 0.3) is 0 Å². The van der Waals surface area contributed by atoms with Crippen molar-refractivity contribution in [2.24, 2.45) is 5.92 Å². The summed E-state index contributed by atoms with van der Waals surface area (Å²) in [5.41, 5.74) is 0. The molecular weight excluding hydrogens is 164 g/mol. The van der Waals surface area contributed by atoms with Crippen molar-refractivity contribution in [3.8, 4) is 0 Å². The Bertz CT molecular complexity index is 150. The van der Waals surface area contributed by atoms with Gasteiger partial charge in [-0.05, 0) is 19.4 Å². The van der Waals surface area contributed by atoms with Gasteiger partial charge < -0.3 is 10.4 Å². The Labute approximate surface area is 81.1 Å². The molecule has 78 valence electrons. The molecule has 1 aliphatic heterocycles. The minimum Gasteiger partial charge on any atom is -0.392 e. The Balaban J connectivity index is 2.44. The highest BCUT2D eigenvalue weighted by molar-refractivity contribution is 4.83. The number of rotatable bonds is 4. The molecule has 0 aromatic rings. The number of nitrogens with zero attached hydrogens (tertiary/aromatic N) is 1. The van der Waals surface area contributed by atoms with Crippen LogP contribution in [-0.4, -0.2) is 48.8 Å². The van der Waals surface area contributed by atoms with Crippen LogP contribution in [0.3, 0.4) is 0 Å². The maximum Gasteiger partial charge on any atom is 0.0679 e. The van der Waals surface area contributed by atoms with E-state index in [0.717, 1.165) is 26.1 Å². The molecule has 13 heavy (non-hydrogen) atoms. The van der Waals surface area contributed by atoms with Crippen LogP contribution in [0.4, 0.5) is 0 Å². The van der Waals surface area contributed by atoms with Gasteiger partial charge in [-0.1, -0.05) is 13.8 Å². The molecule has 0 aromatic heterocycles. The van der Waals surface area contributed by atoms with Crippen molar-refractivity contribution in [1.29, 1.82) is 0 Å². The van der Waals surface area contributed by atoms with Crippen molar-refractivity contribution >= 4 is 0 Å². The number of hydrogen-bond donors (Lipinski definition) is 2. The molecule has 0 amide bonds. The average molecular weight is 186 g/mol. The first-order valence-corrected chi connectivity index (χ1v) is 5.22. The summed E-state index contributed by atoms with van der Waals surface area (Å²) in [5, 5.41) is 12.7. The van der Waals surface area contributed by atoms with Gasteiger partial charge in [-0.3, -0.25) is 4.90 Å². The van der Waals surface area contributed by atoms with E-state index >= 15 is 0 Å². The Kier molecular flexibility index (Phi) is 4.16. The summed E-state index contributed by atoms with van der Waals surface area (Å²) in [6.45, 7) is 7.40. The van der Waals surface area contributed by atoms with E-state index < -0.39 is 0 Å². The van der Waals surface area contributed by atoms with E-state index in [-0.39, 0.29) is 6.10 Å². The molecule has 1 heterocycles. The molecule has 1 rings (SSSR count). The number of β-amino-alcohol motifs (C(OH)–C–C–N with tert-alkyl or cyclic N) is 1. The van der Waals surface area contributed by atoms with Crippen LogP contribution in [-0.2, 0) is 0 Å². The van der Waals surface area contributed by atoms with Crippen molar-refractivity contribution < 1.29 is 5.11 Å². The summed E-state index contributed by atoms with van der Waals surface area (Å²) >= 11 is 0. The minimum atomic E-state index is -0.0990. The topological polar surface area (TPSA) is 35.5 Å². The third kappa shape index (κ3) is 2.93. The third-order valence-electron chi connectivity index (χ3n) is 2.85. The molecule has 3 nitrogen and oxygen atoms in total. The Morgan fingerprint density at radius 3 is 2.62 bits per heavy atom. The number of hydrogen-bond acceptors (Lipinski definition) is 3. The first-order chi connectivity index (χ1) is 6.15. The number of aliphatic hydroxyl groups is 1. The number of nitrogens with one attached hydrogen (secondary N) is 1. The molecule has 0 spiro atoms. The van der Waals surface area contributed by atoms with Crippen LogP contribution >= 0.6 is 0 Å². The van der Waals surface area contributed by atoms with Gasteiger partial charge in [0.2, 0.25) is 0 Å². The van der Waals surface area contributed by atoms with E-state index in [2.05, 4.69) is 24.1 Å². The van der Waals surface area contributed by atoms with Crippen molar-refractivity contribution in [3.63, 3.8) is 0 Å². The van der Waals surface area contributed by atoms with E-state index in [9.17, 15) is 5.11 Å². The second kappa shape index (κ2) is 4.94. The van der Waals surface area contributed by atoms with Gasteiger partial charge in [-0.2, -0.15) is 0 Å². The van der Waals surface area contributed by atoms with Gasteiger partial charge in [-0.15, -0.1) is 0 Å². The molecular formula is C10H22N2O. The summed E-state index contributed by atoms with van der Waals surface area (Å²) in [5.74, 6) is 0.651. The second-order valence-corrected chi connectivity index (χ2v) is 4.31. The highest BCUT2D eigenvalue weighted by Gasteiger charge is 2.28. The first-order valence-electron chi connectivity index (χ1n) is 5.22. The quantitative estimate of drug-likeness (QED) is 0.663. The van der Waals surface area contributed by atoms with Crippen molar-refractivity contribution in [2.45, 2.75) is 32.4 Å². The smallest absolute Gasteiger partial charge is 0.0679 e. The van der Waals surface area contributed by atoms with Crippen LogP contribution in [0.2, 0.25) is 0 Å². The van der Waals surface area contributed by atoms with Gasteiger partial charge in [-0.25, -0.2) is 0 Å². The summed E-state index contributed by atoms with van der Waals surface area (Å²) in [4.78, 5) is 2.39. The predicted octanol–water partition coefficient (Wildman–Crippen LogP) is 0.297. The zero-order chi connectivity index (χ0) is 9.84. The molecule has 3 heteroatoms. The predicted molar refractivity (Wildman–Crippen MR) is 54.7 cm³/mol. The number of likely N-dealkylation sites (tertiary alicyclic amines) is 1. The van der Waals surface area contributed by atoms with Gasteiger partial charge >= 0.3 is 0 Å². The fraction of sp³-hybridized carbons (Fsp3) is 1.00. The van der Waals surface area contributed by atoms with Gasteiger partial charge in [0.05, 0.1) is 6.10 Å². The molecule has 0 bridgehead atoms. The molecule has 2 N–H and O–H groups in total. The van der Waals surface area contributed by atoms with E-state index in [1.165, 1.54) is 0 Å². The second-order valence-electron chi connectivity index (χ2n) is 4.31. The molecule has 0 aliphatic carbocycles. The summed E-state index contributed by atoms with van der Waals surface area (Å²) in [6.07, 6.45) is 0.838. The van der Waals surface area contributed by atoms with E-state index in [1.807, 2.05) is 7.05 Å². The van der Waals surface area contributed by atoms with Crippen LogP contribution in [0, 0.1) is 5.92 Å². The lowest BCUT2D eigenvalue weighted by Crippen LogP contribution is -2.44. The zero-order valence-corrected chi connectivity index (χ0v) is 8.95. The fourth-order valence-electron chi connectivity index (χ4n) is 2.06. The summed E-state index contributed by atoms with van der Waals surface area (Å²) in [6, 6.07) is 0.571. The number of likely N-dealkylation sites (N-methyl/N-ethyl adjacent to an activating group) is 1. The minimum absolute atomic E-state index is 0.0990. The molecule has 0 radical (unpaired) electrons. The van der Waals surface area contributed by atoms with Crippen LogP contribution in [0.25, 0.3) is 0 Å².